The van der Waals surface area contributed by atoms with Crippen LogP contribution in [0.15, 0.2) is 48.0 Å². The summed E-state index contributed by atoms with van der Waals surface area (Å²) < 4.78 is 64.7. The summed E-state index contributed by atoms with van der Waals surface area (Å²) in [4.78, 5) is 12.0. The molecule has 0 radical (unpaired) electrons. The van der Waals surface area contributed by atoms with Crippen molar-refractivity contribution in [3.63, 3.8) is 0 Å². The fourth-order valence-corrected chi connectivity index (χ4v) is 1.91. The highest BCUT2D eigenvalue weighted by Gasteiger charge is 2.30. The molecule has 0 aliphatic carbocycles. The Bertz CT molecular complexity index is 881. The number of carbonyl (C=O) groups is 1. The molecule has 8 heteroatoms. The van der Waals surface area contributed by atoms with Gasteiger partial charge in [0.1, 0.15) is 11.6 Å². The molecule has 0 unspecified atom stereocenters. The Morgan fingerprint density at radius 2 is 1.80 bits per heavy atom. The van der Waals surface area contributed by atoms with E-state index in [0.29, 0.717) is 6.07 Å². The third-order valence-electron chi connectivity index (χ3n) is 3.09. The Kier molecular flexibility index (Phi) is 5.17. The number of hydrogen-bond donors (Lipinski definition) is 1. The molecule has 1 amide bonds. The number of amides is 1. The zero-order chi connectivity index (χ0) is 18.6. The van der Waals surface area contributed by atoms with E-state index in [-0.39, 0.29) is 11.3 Å². The molecule has 0 aliphatic heterocycles. The SMILES string of the molecule is N#C/C(=C/c1cccc(F)c1F)C(=O)Nc1cccc(C(F)(F)F)c1. The Balaban J connectivity index is 2.28. The first-order chi connectivity index (χ1) is 11.7. The van der Waals surface area contributed by atoms with Crippen molar-refractivity contribution in [3.05, 3.63) is 70.8 Å². The minimum atomic E-state index is -4.60. The largest absolute Gasteiger partial charge is 0.416 e. The Hall–Kier alpha value is -3.21. The molecule has 0 aromatic heterocycles. The number of anilines is 1. The van der Waals surface area contributed by atoms with Crippen molar-refractivity contribution in [1.29, 1.82) is 5.26 Å². The van der Waals surface area contributed by atoms with Gasteiger partial charge in [0.2, 0.25) is 0 Å². The minimum absolute atomic E-state index is 0.194. The van der Waals surface area contributed by atoms with Crippen LogP contribution in [-0.2, 0) is 11.0 Å². The number of alkyl halides is 3. The lowest BCUT2D eigenvalue weighted by Crippen LogP contribution is -2.14. The van der Waals surface area contributed by atoms with E-state index in [1.165, 1.54) is 18.2 Å². The smallest absolute Gasteiger partial charge is 0.321 e. The molecule has 0 spiro atoms. The fourth-order valence-electron chi connectivity index (χ4n) is 1.91. The molecule has 1 N–H and O–H groups in total. The van der Waals surface area contributed by atoms with Crippen LogP contribution in [0.4, 0.5) is 27.6 Å². The number of nitrogens with zero attached hydrogens (tertiary/aromatic N) is 1. The Labute approximate surface area is 139 Å². The van der Waals surface area contributed by atoms with Crippen molar-refractivity contribution in [2.45, 2.75) is 6.18 Å². The first-order valence-electron chi connectivity index (χ1n) is 6.77. The molecule has 25 heavy (non-hydrogen) atoms. The maximum atomic E-state index is 13.6. The van der Waals surface area contributed by atoms with Crippen LogP contribution >= 0.6 is 0 Å². The summed E-state index contributed by atoms with van der Waals surface area (Å²) in [6.45, 7) is 0. The van der Waals surface area contributed by atoms with Gasteiger partial charge in [-0.3, -0.25) is 4.79 Å². The maximum absolute atomic E-state index is 13.6. The first kappa shape index (κ1) is 18.1. The highest BCUT2D eigenvalue weighted by molar-refractivity contribution is 6.09. The van der Waals surface area contributed by atoms with Gasteiger partial charge >= 0.3 is 6.18 Å². The van der Waals surface area contributed by atoms with Crippen molar-refractivity contribution >= 4 is 17.7 Å². The van der Waals surface area contributed by atoms with Crippen LogP contribution in [0.2, 0.25) is 0 Å². The van der Waals surface area contributed by atoms with Crippen molar-refractivity contribution in [3.8, 4) is 6.07 Å². The third kappa shape index (κ3) is 4.41. The van der Waals surface area contributed by atoms with Crippen LogP contribution in [0.3, 0.4) is 0 Å². The zero-order valence-corrected chi connectivity index (χ0v) is 12.4. The van der Waals surface area contributed by atoms with E-state index in [1.54, 1.807) is 0 Å². The lowest BCUT2D eigenvalue weighted by atomic mass is 10.1. The molecular formula is C17H9F5N2O. The van der Waals surface area contributed by atoms with Gasteiger partial charge in [0.05, 0.1) is 5.56 Å². The van der Waals surface area contributed by atoms with Crippen LogP contribution in [0.25, 0.3) is 6.08 Å². The van der Waals surface area contributed by atoms with E-state index in [9.17, 15) is 26.7 Å². The van der Waals surface area contributed by atoms with Crippen molar-refractivity contribution < 1.29 is 26.7 Å². The number of halogens is 5. The molecule has 2 aromatic rings. The zero-order valence-electron chi connectivity index (χ0n) is 12.4. The second-order valence-corrected chi connectivity index (χ2v) is 4.85. The number of benzene rings is 2. The highest BCUT2D eigenvalue weighted by Crippen LogP contribution is 2.30. The summed E-state index contributed by atoms with van der Waals surface area (Å²) in [5.74, 6) is -3.46. The maximum Gasteiger partial charge on any atom is 0.416 e. The molecule has 0 saturated heterocycles. The van der Waals surface area contributed by atoms with Gasteiger partial charge in [-0.1, -0.05) is 18.2 Å². The predicted molar refractivity (Wildman–Crippen MR) is 80.0 cm³/mol. The first-order valence-corrected chi connectivity index (χ1v) is 6.77. The highest BCUT2D eigenvalue weighted by atomic mass is 19.4. The summed E-state index contributed by atoms with van der Waals surface area (Å²) in [5.41, 5.74) is -2.11. The van der Waals surface area contributed by atoms with Gasteiger partial charge in [0.25, 0.3) is 5.91 Å². The topological polar surface area (TPSA) is 52.9 Å². The van der Waals surface area contributed by atoms with Crippen LogP contribution in [0.1, 0.15) is 11.1 Å². The van der Waals surface area contributed by atoms with Crippen LogP contribution in [0.5, 0.6) is 0 Å². The van der Waals surface area contributed by atoms with E-state index in [2.05, 4.69) is 5.32 Å². The van der Waals surface area contributed by atoms with E-state index in [4.69, 9.17) is 5.26 Å². The number of nitrogens with one attached hydrogen (secondary N) is 1. The number of carbonyl (C=O) groups excluding carboxylic acids is 1. The number of hydrogen-bond acceptors (Lipinski definition) is 2. The summed E-state index contributed by atoms with van der Waals surface area (Å²) >= 11 is 0. The summed E-state index contributed by atoms with van der Waals surface area (Å²) in [7, 11) is 0. The lowest BCUT2D eigenvalue weighted by molar-refractivity contribution is -0.137. The number of rotatable bonds is 3. The van der Waals surface area contributed by atoms with E-state index in [1.807, 2.05) is 0 Å². The van der Waals surface area contributed by atoms with Gasteiger partial charge in [-0.2, -0.15) is 18.4 Å². The standard InChI is InChI=1S/C17H9F5N2O/c18-14-6-1-3-10(15(14)19)7-11(9-23)16(25)24-13-5-2-4-12(8-13)17(20,21)22/h1-8H,(H,24,25)/b11-7-. The van der Waals surface area contributed by atoms with E-state index in [0.717, 1.165) is 30.3 Å². The molecule has 0 fully saturated rings. The van der Waals surface area contributed by atoms with Gasteiger partial charge in [-0.25, -0.2) is 8.78 Å². The predicted octanol–water partition coefficient (Wildman–Crippen LogP) is 4.53. The molecule has 3 nitrogen and oxygen atoms in total. The molecule has 2 rings (SSSR count). The monoisotopic (exact) mass is 352 g/mol. The molecule has 0 atom stereocenters. The van der Waals surface area contributed by atoms with Crippen LogP contribution in [-0.4, -0.2) is 5.91 Å². The molecule has 0 saturated carbocycles. The fraction of sp³-hybridized carbons (Fsp3) is 0.0588. The average molecular weight is 352 g/mol. The van der Waals surface area contributed by atoms with E-state index >= 15 is 0 Å². The van der Waals surface area contributed by atoms with Crippen LogP contribution < -0.4 is 5.32 Å². The molecule has 128 valence electrons. The van der Waals surface area contributed by atoms with Gasteiger partial charge < -0.3 is 5.32 Å². The lowest BCUT2D eigenvalue weighted by Gasteiger charge is -2.09. The Morgan fingerprint density at radius 1 is 1.12 bits per heavy atom. The minimum Gasteiger partial charge on any atom is -0.321 e. The van der Waals surface area contributed by atoms with E-state index < -0.39 is 34.9 Å². The van der Waals surface area contributed by atoms with Crippen molar-refractivity contribution in [2.75, 3.05) is 5.32 Å². The second kappa shape index (κ2) is 7.13. The van der Waals surface area contributed by atoms with Gasteiger partial charge in [-0.15, -0.1) is 0 Å². The molecule has 0 heterocycles. The second-order valence-electron chi connectivity index (χ2n) is 4.85. The molecule has 0 aliphatic rings. The normalized spacial score (nSPS) is 11.8. The molecule has 0 bridgehead atoms. The van der Waals surface area contributed by atoms with Crippen LogP contribution in [0, 0.1) is 23.0 Å². The van der Waals surface area contributed by atoms with Crippen molar-refractivity contribution in [1.82, 2.24) is 0 Å². The summed E-state index contributed by atoms with van der Waals surface area (Å²) in [6, 6.07) is 8.48. The number of nitriles is 1. The third-order valence-corrected chi connectivity index (χ3v) is 3.09. The Morgan fingerprint density at radius 3 is 2.44 bits per heavy atom. The molecular weight excluding hydrogens is 343 g/mol. The summed E-state index contributed by atoms with van der Waals surface area (Å²) in [6.07, 6.45) is -3.79. The quantitative estimate of drug-likeness (QED) is 0.501. The molecule has 2 aromatic carbocycles. The average Bonchev–Trinajstić information content (AvgIpc) is 2.55. The van der Waals surface area contributed by atoms with Crippen molar-refractivity contribution in [2.24, 2.45) is 0 Å². The van der Waals surface area contributed by atoms with Gasteiger partial charge in [0.15, 0.2) is 11.6 Å². The summed E-state index contributed by atoms with van der Waals surface area (Å²) in [5, 5.41) is 11.1. The van der Waals surface area contributed by atoms with Gasteiger partial charge in [0, 0.05) is 11.3 Å². The van der Waals surface area contributed by atoms with Gasteiger partial charge in [-0.05, 0) is 30.3 Å².